The van der Waals surface area contributed by atoms with Gasteiger partial charge >= 0.3 is 6.18 Å². The molecule has 178 valence electrons. The number of rotatable bonds is 6. The van der Waals surface area contributed by atoms with Gasteiger partial charge in [-0.1, -0.05) is 18.7 Å². The fourth-order valence-corrected chi connectivity index (χ4v) is 4.26. The third-order valence-electron chi connectivity index (χ3n) is 6.12. The zero-order valence-electron chi connectivity index (χ0n) is 18.5. The number of aromatic nitrogens is 3. The number of H-pyrrole nitrogens is 1. The van der Waals surface area contributed by atoms with Crippen LogP contribution in [-0.2, 0) is 11.0 Å². The van der Waals surface area contributed by atoms with E-state index in [4.69, 9.17) is 4.74 Å². The number of nitrogens with zero attached hydrogens (tertiary/aromatic N) is 3. The van der Waals surface area contributed by atoms with Crippen LogP contribution in [0, 0.1) is 0 Å². The summed E-state index contributed by atoms with van der Waals surface area (Å²) in [6.45, 7) is 4.43. The Morgan fingerprint density at radius 1 is 1.23 bits per heavy atom. The van der Waals surface area contributed by atoms with Crippen LogP contribution in [0.4, 0.5) is 13.2 Å². The van der Waals surface area contributed by atoms with Crippen LogP contribution in [0.3, 0.4) is 0 Å². The first-order valence-electron chi connectivity index (χ1n) is 11.0. The van der Waals surface area contributed by atoms with Gasteiger partial charge < -0.3 is 14.6 Å². The standard InChI is InChI=1S/C26H21F3N4O2/c1-2-22(34)33-12-9-18(33)15-35-21-14-30-11-8-19(21)24-23(25-20(32-24)7-4-10-31-25)16-5-3-6-17(13-16)26(27,28)29/h2-8,10-11,13-14,18,32H,1,9,12,15H2. The molecule has 35 heavy (non-hydrogen) atoms. The molecule has 9 heteroatoms. The van der Waals surface area contributed by atoms with Crippen LogP contribution in [-0.4, -0.2) is 45.0 Å². The number of halogens is 3. The Labute approximate surface area is 199 Å². The molecular weight excluding hydrogens is 457 g/mol. The molecule has 1 saturated heterocycles. The molecule has 0 radical (unpaired) electrons. The molecule has 3 aromatic heterocycles. The minimum absolute atomic E-state index is 0.0825. The highest BCUT2D eigenvalue weighted by molar-refractivity contribution is 6.02. The average Bonchev–Trinajstić information content (AvgIpc) is 3.22. The zero-order chi connectivity index (χ0) is 24.6. The Hall–Kier alpha value is -4.14. The van der Waals surface area contributed by atoms with Crippen molar-refractivity contribution in [2.45, 2.75) is 18.6 Å². The maximum Gasteiger partial charge on any atom is 0.416 e. The van der Waals surface area contributed by atoms with E-state index in [9.17, 15) is 18.0 Å². The van der Waals surface area contributed by atoms with E-state index in [1.165, 1.54) is 12.1 Å². The normalized spacial score (nSPS) is 15.6. The number of carbonyl (C=O) groups is 1. The van der Waals surface area contributed by atoms with Crippen LogP contribution in [0.25, 0.3) is 33.4 Å². The zero-order valence-corrected chi connectivity index (χ0v) is 18.5. The number of pyridine rings is 2. The second-order valence-electron chi connectivity index (χ2n) is 8.21. The summed E-state index contributed by atoms with van der Waals surface area (Å²) in [7, 11) is 0. The highest BCUT2D eigenvalue weighted by atomic mass is 19.4. The molecule has 4 aromatic rings. The van der Waals surface area contributed by atoms with Gasteiger partial charge in [-0.3, -0.25) is 14.8 Å². The van der Waals surface area contributed by atoms with Crippen LogP contribution < -0.4 is 4.74 Å². The van der Waals surface area contributed by atoms with E-state index in [2.05, 4.69) is 21.5 Å². The predicted octanol–water partition coefficient (Wildman–Crippen LogP) is 5.48. The maximum atomic E-state index is 13.5. The summed E-state index contributed by atoms with van der Waals surface area (Å²) in [5.41, 5.74) is 2.61. The SMILES string of the molecule is C=CC(=O)N1CCC1COc1cnccc1-c1[nH]c2cccnc2c1-c1cccc(C(F)(F)F)c1. The lowest BCUT2D eigenvalue weighted by molar-refractivity contribution is -0.137. The summed E-state index contributed by atoms with van der Waals surface area (Å²) in [4.78, 5) is 25.5. The van der Waals surface area contributed by atoms with E-state index in [-0.39, 0.29) is 18.6 Å². The minimum Gasteiger partial charge on any atom is -0.489 e. The molecule has 1 amide bonds. The number of hydrogen-bond acceptors (Lipinski definition) is 4. The molecule has 1 atom stereocenters. The van der Waals surface area contributed by atoms with Gasteiger partial charge in [-0.2, -0.15) is 13.2 Å². The molecule has 4 heterocycles. The van der Waals surface area contributed by atoms with Crippen molar-refractivity contribution >= 4 is 16.9 Å². The lowest BCUT2D eigenvalue weighted by atomic mass is 9.98. The van der Waals surface area contributed by atoms with E-state index in [1.807, 2.05) is 6.07 Å². The fraction of sp³-hybridized carbons (Fsp3) is 0.192. The Morgan fingerprint density at radius 3 is 2.83 bits per heavy atom. The molecule has 1 aliphatic heterocycles. The number of amides is 1. The number of alkyl halides is 3. The topological polar surface area (TPSA) is 71.1 Å². The van der Waals surface area contributed by atoms with E-state index in [0.29, 0.717) is 45.7 Å². The summed E-state index contributed by atoms with van der Waals surface area (Å²) in [5.74, 6) is 0.301. The van der Waals surface area contributed by atoms with Crippen molar-refractivity contribution in [1.29, 1.82) is 0 Å². The van der Waals surface area contributed by atoms with Crippen LogP contribution in [0.2, 0.25) is 0 Å². The van der Waals surface area contributed by atoms with Gasteiger partial charge in [0.1, 0.15) is 12.4 Å². The Kier molecular flexibility index (Phi) is 5.76. The van der Waals surface area contributed by atoms with Crippen LogP contribution in [0.1, 0.15) is 12.0 Å². The molecule has 1 fully saturated rings. The Morgan fingerprint density at radius 2 is 2.09 bits per heavy atom. The van der Waals surface area contributed by atoms with Crippen molar-refractivity contribution < 1.29 is 22.7 Å². The van der Waals surface area contributed by atoms with Gasteiger partial charge in [-0.05, 0) is 48.4 Å². The molecule has 1 aliphatic rings. The van der Waals surface area contributed by atoms with Gasteiger partial charge in [0.05, 0.1) is 34.5 Å². The number of fused-ring (bicyclic) bond motifs is 1. The number of ether oxygens (including phenoxy) is 1. The summed E-state index contributed by atoms with van der Waals surface area (Å²) in [6, 6.07) is 10.4. The first-order chi connectivity index (χ1) is 16.9. The van der Waals surface area contributed by atoms with Gasteiger partial charge in [0, 0.05) is 30.1 Å². The summed E-state index contributed by atoms with van der Waals surface area (Å²) < 4.78 is 46.4. The molecule has 1 unspecified atom stereocenters. The van der Waals surface area contributed by atoms with Gasteiger partial charge in [-0.25, -0.2) is 0 Å². The number of benzene rings is 1. The first kappa shape index (κ1) is 22.6. The Balaban J connectivity index is 1.57. The van der Waals surface area contributed by atoms with Gasteiger partial charge in [0.25, 0.3) is 0 Å². The Bertz CT molecular complexity index is 1410. The second-order valence-corrected chi connectivity index (χ2v) is 8.21. The molecule has 0 bridgehead atoms. The predicted molar refractivity (Wildman–Crippen MR) is 126 cm³/mol. The summed E-state index contributed by atoms with van der Waals surface area (Å²) in [5, 5.41) is 0. The maximum absolute atomic E-state index is 13.5. The third-order valence-corrected chi connectivity index (χ3v) is 6.12. The largest absolute Gasteiger partial charge is 0.489 e. The van der Waals surface area contributed by atoms with Gasteiger partial charge in [0.15, 0.2) is 0 Å². The number of nitrogens with one attached hydrogen (secondary N) is 1. The molecule has 0 aliphatic carbocycles. The van der Waals surface area contributed by atoms with Crippen LogP contribution in [0.15, 0.2) is 73.7 Å². The highest BCUT2D eigenvalue weighted by Gasteiger charge is 2.32. The molecule has 1 aromatic carbocycles. The van der Waals surface area contributed by atoms with Crippen molar-refractivity contribution in [2.24, 2.45) is 0 Å². The lowest BCUT2D eigenvalue weighted by Gasteiger charge is -2.40. The van der Waals surface area contributed by atoms with Crippen LogP contribution >= 0.6 is 0 Å². The number of carbonyl (C=O) groups excluding carboxylic acids is 1. The van der Waals surface area contributed by atoms with E-state index in [0.717, 1.165) is 18.6 Å². The molecule has 6 nitrogen and oxygen atoms in total. The van der Waals surface area contributed by atoms with Crippen LogP contribution in [0.5, 0.6) is 5.75 Å². The van der Waals surface area contributed by atoms with Crippen molar-refractivity contribution in [3.05, 3.63) is 79.3 Å². The van der Waals surface area contributed by atoms with Crippen molar-refractivity contribution in [2.75, 3.05) is 13.2 Å². The quantitative estimate of drug-likeness (QED) is 0.373. The summed E-state index contributed by atoms with van der Waals surface area (Å²) in [6.07, 6.45) is 2.36. The molecule has 0 spiro atoms. The van der Waals surface area contributed by atoms with Crippen molar-refractivity contribution in [1.82, 2.24) is 19.9 Å². The fourth-order valence-electron chi connectivity index (χ4n) is 4.26. The van der Waals surface area contributed by atoms with Crippen molar-refractivity contribution in [3.8, 4) is 28.1 Å². The lowest BCUT2D eigenvalue weighted by Crippen LogP contribution is -2.53. The van der Waals surface area contributed by atoms with Gasteiger partial charge in [-0.15, -0.1) is 0 Å². The third kappa shape index (κ3) is 4.25. The molecular formula is C26H21F3N4O2. The first-order valence-corrected chi connectivity index (χ1v) is 11.0. The highest BCUT2D eigenvalue weighted by Crippen LogP contribution is 2.42. The smallest absolute Gasteiger partial charge is 0.416 e. The van der Waals surface area contributed by atoms with Crippen molar-refractivity contribution in [3.63, 3.8) is 0 Å². The number of aromatic amines is 1. The van der Waals surface area contributed by atoms with Gasteiger partial charge in [0.2, 0.25) is 5.91 Å². The number of hydrogen-bond donors (Lipinski definition) is 1. The van der Waals surface area contributed by atoms with E-state index < -0.39 is 11.7 Å². The van der Waals surface area contributed by atoms with E-state index >= 15 is 0 Å². The minimum atomic E-state index is -4.47. The molecule has 0 saturated carbocycles. The monoisotopic (exact) mass is 478 g/mol. The number of likely N-dealkylation sites (tertiary alicyclic amines) is 1. The molecule has 1 N–H and O–H groups in total. The molecule has 5 rings (SSSR count). The van der Waals surface area contributed by atoms with E-state index in [1.54, 1.807) is 41.7 Å². The average molecular weight is 478 g/mol. The summed E-state index contributed by atoms with van der Waals surface area (Å²) >= 11 is 0. The second kappa shape index (κ2) is 8.90.